The van der Waals surface area contributed by atoms with Gasteiger partial charge in [-0.1, -0.05) is 0 Å². The number of rotatable bonds is 1. The highest BCUT2D eigenvalue weighted by Gasteiger charge is 2.14. The number of amides is 1. The fourth-order valence-electron chi connectivity index (χ4n) is 1.23. The summed E-state index contributed by atoms with van der Waals surface area (Å²) in [5.74, 6) is -0.369. The molecule has 0 atom stereocenters. The number of carbonyl (C=O) groups excluding carboxylic acids is 1. The predicted octanol–water partition coefficient (Wildman–Crippen LogP) is 0.778. The molecule has 2 aromatic heterocycles. The second-order valence-electron chi connectivity index (χ2n) is 2.76. The van der Waals surface area contributed by atoms with E-state index in [1.807, 2.05) is 6.07 Å². The van der Waals surface area contributed by atoms with Gasteiger partial charge in [-0.05, 0) is 28.1 Å². The Labute approximate surface area is 87.8 Å². The number of nitrogens with zero attached hydrogens (tertiary/aromatic N) is 2. The summed E-state index contributed by atoms with van der Waals surface area (Å²) in [7, 11) is 0. The van der Waals surface area contributed by atoms with Crippen LogP contribution in [0.5, 0.6) is 0 Å². The van der Waals surface area contributed by atoms with E-state index >= 15 is 0 Å². The SMILES string of the molecule is NC(=O)c1nc2c(Br)cccn2c1N. The van der Waals surface area contributed by atoms with Gasteiger partial charge in [-0.2, -0.15) is 0 Å². The van der Waals surface area contributed by atoms with E-state index < -0.39 is 5.91 Å². The first-order chi connectivity index (χ1) is 6.61. The maximum Gasteiger partial charge on any atom is 0.271 e. The van der Waals surface area contributed by atoms with Gasteiger partial charge >= 0.3 is 0 Å². The van der Waals surface area contributed by atoms with E-state index in [-0.39, 0.29) is 11.5 Å². The number of fused-ring (bicyclic) bond motifs is 1. The minimum atomic E-state index is -0.627. The van der Waals surface area contributed by atoms with Crippen LogP contribution in [0.1, 0.15) is 10.5 Å². The normalized spacial score (nSPS) is 10.6. The molecule has 14 heavy (non-hydrogen) atoms. The molecule has 0 aliphatic carbocycles. The fourth-order valence-corrected chi connectivity index (χ4v) is 1.67. The lowest BCUT2D eigenvalue weighted by molar-refractivity contribution is 0.0997. The summed E-state index contributed by atoms with van der Waals surface area (Å²) in [6.07, 6.45) is 1.72. The van der Waals surface area contributed by atoms with Crippen LogP contribution in [0, 0.1) is 0 Å². The number of anilines is 1. The predicted molar refractivity (Wildman–Crippen MR) is 55.8 cm³/mol. The molecule has 0 aromatic carbocycles. The van der Waals surface area contributed by atoms with Crippen LogP contribution in [0.4, 0.5) is 5.82 Å². The maximum absolute atomic E-state index is 11.0. The molecular weight excluding hydrogens is 248 g/mol. The van der Waals surface area contributed by atoms with Gasteiger partial charge in [0.1, 0.15) is 5.82 Å². The van der Waals surface area contributed by atoms with E-state index in [2.05, 4.69) is 20.9 Å². The number of hydrogen-bond acceptors (Lipinski definition) is 3. The van der Waals surface area contributed by atoms with Crippen molar-refractivity contribution >= 4 is 33.3 Å². The molecule has 2 heterocycles. The van der Waals surface area contributed by atoms with Crippen molar-refractivity contribution in [3.8, 4) is 0 Å². The van der Waals surface area contributed by atoms with Crippen molar-refractivity contribution in [1.82, 2.24) is 9.38 Å². The summed E-state index contributed by atoms with van der Waals surface area (Å²) < 4.78 is 2.36. The molecule has 0 spiro atoms. The first-order valence-corrected chi connectivity index (χ1v) is 4.62. The Morgan fingerprint density at radius 3 is 2.86 bits per heavy atom. The largest absolute Gasteiger partial charge is 0.383 e. The van der Waals surface area contributed by atoms with Crippen LogP contribution in [0.15, 0.2) is 22.8 Å². The summed E-state index contributed by atoms with van der Waals surface area (Å²) in [4.78, 5) is 15.0. The molecule has 0 bridgehead atoms. The molecule has 0 fully saturated rings. The van der Waals surface area contributed by atoms with Crippen molar-refractivity contribution in [2.24, 2.45) is 5.73 Å². The van der Waals surface area contributed by atoms with Gasteiger partial charge < -0.3 is 11.5 Å². The third kappa shape index (κ3) is 1.15. The monoisotopic (exact) mass is 254 g/mol. The molecule has 0 saturated carbocycles. The molecule has 2 rings (SSSR count). The minimum absolute atomic E-state index is 0.0944. The summed E-state index contributed by atoms with van der Waals surface area (Å²) in [5.41, 5.74) is 11.5. The minimum Gasteiger partial charge on any atom is -0.383 e. The van der Waals surface area contributed by atoms with E-state index in [1.54, 1.807) is 16.7 Å². The topological polar surface area (TPSA) is 86.4 Å². The average Bonchev–Trinajstić information content (AvgIpc) is 2.46. The van der Waals surface area contributed by atoms with E-state index in [9.17, 15) is 4.79 Å². The molecule has 1 amide bonds. The molecule has 0 saturated heterocycles. The Morgan fingerprint density at radius 1 is 1.57 bits per heavy atom. The standard InChI is InChI=1S/C8H7BrN4O/c9-4-2-1-3-13-6(10)5(7(11)14)12-8(4)13/h1-3H,10H2,(H2,11,14). The van der Waals surface area contributed by atoms with Crippen LogP contribution in [0.25, 0.3) is 5.65 Å². The first-order valence-electron chi connectivity index (χ1n) is 3.83. The molecule has 2 aromatic rings. The molecule has 0 unspecified atom stereocenters. The molecule has 0 radical (unpaired) electrons. The van der Waals surface area contributed by atoms with Gasteiger partial charge in [0.15, 0.2) is 11.3 Å². The number of imidazole rings is 1. The highest BCUT2D eigenvalue weighted by molar-refractivity contribution is 9.10. The fraction of sp³-hybridized carbons (Fsp3) is 0. The number of nitrogens with two attached hydrogens (primary N) is 2. The summed E-state index contributed by atoms with van der Waals surface area (Å²) in [6.45, 7) is 0. The van der Waals surface area contributed by atoms with Crippen molar-refractivity contribution in [3.05, 3.63) is 28.5 Å². The third-order valence-electron chi connectivity index (χ3n) is 1.87. The molecule has 0 aliphatic rings. The third-order valence-corrected chi connectivity index (χ3v) is 2.49. The quantitative estimate of drug-likeness (QED) is 0.789. The Bertz CT molecular complexity index is 519. The zero-order valence-corrected chi connectivity index (χ0v) is 8.65. The van der Waals surface area contributed by atoms with Crippen LogP contribution in [0.2, 0.25) is 0 Å². The molecule has 5 nitrogen and oxygen atoms in total. The number of hydrogen-bond donors (Lipinski definition) is 2. The van der Waals surface area contributed by atoms with Crippen LogP contribution in [0.3, 0.4) is 0 Å². The molecular formula is C8H7BrN4O. The first kappa shape index (κ1) is 9.01. The Morgan fingerprint density at radius 2 is 2.29 bits per heavy atom. The summed E-state index contributed by atoms with van der Waals surface area (Å²) in [5, 5.41) is 0. The number of primary amides is 1. The summed E-state index contributed by atoms with van der Waals surface area (Å²) >= 11 is 3.30. The van der Waals surface area contributed by atoms with Crippen LogP contribution in [-0.2, 0) is 0 Å². The second kappa shape index (κ2) is 2.98. The van der Waals surface area contributed by atoms with Gasteiger partial charge in [-0.15, -0.1) is 0 Å². The number of nitrogen functional groups attached to an aromatic ring is 1. The van der Waals surface area contributed by atoms with E-state index in [0.29, 0.717) is 5.65 Å². The van der Waals surface area contributed by atoms with Crippen LogP contribution < -0.4 is 11.5 Å². The lowest BCUT2D eigenvalue weighted by Crippen LogP contribution is -2.13. The van der Waals surface area contributed by atoms with Crippen molar-refractivity contribution in [3.63, 3.8) is 0 Å². The van der Waals surface area contributed by atoms with Crippen LogP contribution >= 0.6 is 15.9 Å². The zero-order chi connectivity index (χ0) is 10.3. The van der Waals surface area contributed by atoms with E-state index in [4.69, 9.17) is 11.5 Å². The van der Waals surface area contributed by atoms with Crippen LogP contribution in [-0.4, -0.2) is 15.3 Å². The molecule has 72 valence electrons. The second-order valence-corrected chi connectivity index (χ2v) is 3.61. The zero-order valence-electron chi connectivity index (χ0n) is 7.07. The molecule has 6 heteroatoms. The van der Waals surface area contributed by atoms with Gasteiger partial charge in [0.25, 0.3) is 5.91 Å². The van der Waals surface area contributed by atoms with Gasteiger partial charge in [-0.25, -0.2) is 4.98 Å². The molecule has 4 N–H and O–H groups in total. The van der Waals surface area contributed by atoms with Crippen molar-refractivity contribution < 1.29 is 4.79 Å². The number of carbonyl (C=O) groups is 1. The van der Waals surface area contributed by atoms with E-state index in [1.165, 1.54) is 0 Å². The van der Waals surface area contributed by atoms with Crippen molar-refractivity contribution in [1.29, 1.82) is 0 Å². The average molecular weight is 255 g/mol. The van der Waals surface area contributed by atoms with Crippen molar-refractivity contribution in [2.45, 2.75) is 0 Å². The highest BCUT2D eigenvalue weighted by Crippen LogP contribution is 2.21. The van der Waals surface area contributed by atoms with E-state index in [0.717, 1.165) is 4.47 Å². The van der Waals surface area contributed by atoms with Gasteiger partial charge in [0.05, 0.1) is 4.47 Å². The Hall–Kier alpha value is -1.56. The number of halogens is 1. The summed E-state index contributed by atoms with van der Waals surface area (Å²) in [6, 6.07) is 3.60. The smallest absolute Gasteiger partial charge is 0.271 e. The lowest BCUT2D eigenvalue weighted by atomic mass is 10.4. The number of aromatic nitrogens is 2. The highest BCUT2D eigenvalue weighted by atomic mass is 79.9. The van der Waals surface area contributed by atoms with Gasteiger partial charge in [-0.3, -0.25) is 9.20 Å². The maximum atomic E-state index is 11.0. The lowest BCUT2D eigenvalue weighted by Gasteiger charge is -1.96. The molecule has 0 aliphatic heterocycles. The van der Waals surface area contributed by atoms with Crippen molar-refractivity contribution in [2.75, 3.05) is 5.73 Å². The van der Waals surface area contributed by atoms with Gasteiger partial charge in [0, 0.05) is 6.20 Å². The Balaban J connectivity index is 2.86. The Kier molecular flexibility index (Phi) is 1.92. The van der Waals surface area contributed by atoms with Gasteiger partial charge in [0.2, 0.25) is 0 Å². The number of pyridine rings is 1.